The third-order valence-corrected chi connectivity index (χ3v) is 4.44. The number of urea groups is 1. The fraction of sp³-hybridized carbons (Fsp3) is 0.500. The van der Waals surface area contributed by atoms with E-state index in [1.54, 1.807) is 23.1 Å². The second-order valence-corrected chi connectivity index (χ2v) is 6.11. The van der Waals surface area contributed by atoms with Crippen molar-refractivity contribution in [2.75, 3.05) is 25.0 Å². The van der Waals surface area contributed by atoms with E-state index in [4.69, 9.17) is 28.9 Å². The third-order valence-electron chi connectivity index (χ3n) is 3.87. The topological polar surface area (TPSA) is 58.4 Å². The quantitative estimate of drug-likeness (QED) is 0.878. The van der Waals surface area contributed by atoms with E-state index in [1.165, 1.54) is 0 Å². The number of hydrogen-bond acceptors (Lipinski definition) is 2. The summed E-state index contributed by atoms with van der Waals surface area (Å²) in [5.74, 6) is 0.906. The molecule has 110 valence electrons. The number of piperidine rings is 1. The van der Waals surface area contributed by atoms with Crippen LogP contribution >= 0.6 is 23.2 Å². The lowest BCUT2D eigenvalue weighted by atomic mass is 9.87. The van der Waals surface area contributed by atoms with E-state index < -0.39 is 0 Å². The first-order valence-corrected chi connectivity index (χ1v) is 7.48. The molecule has 4 nitrogen and oxygen atoms in total. The van der Waals surface area contributed by atoms with Gasteiger partial charge in [-0.3, -0.25) is 0 Å². The highest BCUT2D eigenvalue weighted by Gasteiger charge is 2.28. The molecule has 1 aliphatic heterocycles. The number of carbonyl (C=O) groups is 1. The van der Waals surface area contributed by atoms with Crippen molar-refractivity contribution in [1.82, 2.24) is 4.90 Å². The molecule has 1 aromatic carbocycles. The largest absolute Gasteiger partial charge is 0.330 e. The smallest absolute Gasteiger partial charge is 0.321 e. The second-order valence-electron chi connectivity index (χ2n) is 5.26. The van der Waals surface area contributed by atoms with Gasteiger partial charge in [0.15, 0.2) is 0 Å². The van der Waals surface area contributed by atoms with Crippen LogP contribution in [-0.4, -0.2) is 30.6 Å². The second kappa shape index (κ2) is 6.66. The van der Waals surface area contributed by atoms with Crippen LogP contribution in [0.25, 0.3) is 0 Å². The van der Waals surface area contributed by atoms with Crippen molar-refractivity contribution in [2.24, 2.45) is 17.6 Å². The Morgan fingerprint density at radius 1 is 1.50 bits per heavy atom. The van der Waals surface area contributed by atoms with Crippen molar-refractivity contribution in [1.29, 1.82) is 0 Å². The van der Waals surface area contributed by atoms with E-state index in [1.807, 2.05) is 0 Å². The van der Waals surface area contributed by atoms with Crippen LogP contribution in [0.5, 0.6) is 0 Å². The number of anilines is 1. The zero-order valence-electron chi connectivity index (χ0n) is 11.4. The van der Waals surface area contributed by atoms with Crippen molar-refractivity contribution >= 4 is 34.9 Å². The van der Waals surface area contributed by atoms with Crippen LogP contribution in [0.2, 0.25) is 10.0 Å². The lowest BCUT2D eigenvalue weighted by molar-refractivity contribution is 0.149. The highest BCUT2D eigenvalue weighted by molar-refractivity contribution is 6.35. The Balaban J connectivity index is 2.03. The van der Waals surface area contributed by atoms with Gasteiger partial charge >= 0.3 is 6.03 Å². The van der Waals surface area contributed by atoms with Gasteiger partial charge in [0.2, 0.25) is 0 Å². The average molecular weight is 316 g/mol. The Morgan fingerprint density at radius 2 is 2.25 bits per heavy atom. The van der Waals surface area contributed by atoms with Crippen LogP contribution in [-0.2, 0) is 0 Å². The van der Waals surface area contributed by atoms with Gasteiger partial charge in [0.25, 0.3) is 0 Å². The van der Waals surface area contributed by atoms with Crippen LogP contribution in [0.15, 0.2) is 18.2 Å². The molecule has 20 heavy (non-hydrogen) atoms. The Labute approximate surface area is 129 Å². The lowest BCUT2D eigenvalue weighted by Crippen LogP contribution is -2.47. The minimum atomic E-state index is -0.153. The number of halogens is 2. The van der Waals surface area contributed by atoms with E-state index >= 15 is 0 Å². The summed E-state index contributed by atoms with van der Waals surface area (Å²) in [7, 11) is 0. The van der Waals surface area contributed by atoms with Crippen molar-refractivity contribution in [3.05, 3.63) is 28.2 Å². The predicted molar refractivity (Wildman–Crippen MR) is 83.4 cm³/mol. The molecule has 2 rings (SSSR count). The SMILES string of the molecule is CC1CCN(C(=O)Nc2cc(Cl)ccc2Cl)CC1CN. The first-order valence-electron chi connectivity index (χ1n) is 6.72. The van der Waals surface area contributed by atoms with Gasteiger partial charge in [0, 0.05) is 18.1 Å². The molecule has 0 spiro atoms. The summed E-state index contributed by atoms with van der Waals surface area (Å²) in [6.07, 6.45) is 0.971. The average Bonchev–Trinajstić information content (AvgIpc) is 2.43. The summed E-state index contributed by atoms with van der Waals surface area (Å²) in [6, 6.07) is 4.85. The van der Waals surface area contributed by atoms with Gasteiger partial charge in [-0.25, -0.2) is 4.79 Å². The molecule has 1 fully saturated rings. The monoisotopic (exact) mass is 315 g/mol. The molecule has 0 saturated carbocycles. The van der Waals surface area contributed by atoms with Gasteiger partial charge in [-0.2, -0.15) is 0 Å². The molecule has 1 aromatic rings. The lowest BCUT2D eigenvalue weighted by Gasteiger charge is -2.36. The molecule has 6 heteroatoms. The highest BCUT2D eigenvalue weighted by Crippen LogP contribution is 2.27. The third kappa shape index (κ3) is 3.57. The fourth-order valence-corrected chi connectivity index (χ4v) is 2.77. The molecule has 1 aliphatic rings. The maximum absolute atomic E-state index is 12.3. The van der Waals surface area contributed by atoms with Gasteiger partial charge in [-0.15, -0.1) is 0 Å². The maximum atomic E-state index is 12.3. The Bertz CT molecular complexity index is 495. The Kier molecular flexibility index (Phi) is 5.13. The van der Waals surface area contributed by atoms with Crippen LogP contribution in [0.1, 0.15) is 13.3 Å². The molecule has 0 aromatic heterocycles. The van der Waals surface area contributed by atoms with E-state index in [0.717, 1.165) is 13.0 Å². The standard InChI is InChI=1S/C14H19Cl2N3O/c1-9-4-5-19(8-10(9)7-17)14(20)18-13-6-11(15)2-3-12(13)16/h2-3,6,9-10H,4-5,7-8,17H2,1H3,(H,18,20). The number of hydrogen-bond donors (Lipinski definition) is 2. The number of likely N-dealkylation sites (tertiary alicyclic amines) is 1. The molecule has 2 atom stereocenters. The molecular formula is C14H19Cl2N3O. The molecule has 2 unspecified atom stereocenters. The number of amides is 2. The van der Waals surface area contributed by atoms with E-state index in [-0.39, 0.29) is 6.03 Å². The van der Waals surface area contributed by atoms with Crippen molar-refractivity contribution in [3.63, 3.8) is 0 Å². The molecular weight excluding hydrogens is 297 g/mol. The molecule has 0 aliphatic carbocycles. The zero-order chi connectivity index (χ0) is 14.7. The minimum absolute atomic E-state index is 0.153. The van der Waals surface area contributed by atoms with E-state index in [0.29, 0.717) is 40.7 Å². The number of carbonyl (C=O) groups excluding carboxylic acids is 1. The van der Waals surface area contributed by atoms with E-state index in [2.05, 4.69) is 12.2 Å². The molecule has 0 radical (unpaired) electrons. The Morgan fingerprint density at radius 3 is 2.95 bits per heavy atom. The molecule has 1 saturated heterocycles. The van der Waals surface area contributed by atoms with Gasteiger partial charge in [-0.05, 0) is 43.0 Å². The Hall–Kier alpha value is -0.970. The first-order chi connectivity index (χ1) is 9.51. The summed E-state index contributed by atoms with van der Waals surface area (Å²) in [5, 5.41) is 3.82. The number of nitrogens with two attached hydrogens (primary N) is 1. The zero-order valence-corrected chi connectivity index (χ0v) is 12.9. The van der Waals surface area contributed by atoms with Gasteiger partial charge in [-0.1, -0.05) is 30.1 Å². The number of nitrogens with zero attached hydrogens (tertiary/aromatic N) is 1. The summed E-state index contributed by atoms with van der Waals surface area (Å²) >= 11 is 12.0. The minimum Gasteiger partial charge on any atom is -0.330 e. The van der Waals surface area contributed by atoms with Crippen molar-refractivity contribution in [3.8, 4) is 0 Å². The highest BCUT2D eigenvalue weighted by atomic mass is 35.5. The van der Waals surface area contributed by atoms with Crippen LogP contribution < -0.4 is 11.1 Å². The normalized spacial score (nSPS) is 22.7. The summed E-state index contributed by atoms with van der Waals surface area (Å²) in [4.78, 5) is 14.1. The number of rotatable bonds is 2. The number of benzene rings is 1. The summed E-state index contributed by atoms with van der Waals surface area (Å²) < 4.78 is 0. The van der Waals surface area contributed by atoms with Crippen LogP contribution in [0, 0.1) is 11.8 Å². The molecule has 3 N–H and O–H groups in total. The van der Waals surface area contributed by atoms with Gasteiger partial charge in [0.05, 0.1) is 10.7 Å². The molecule has 0 bridgehead atoms. The summed E-state index contributed by atoms with van der Waals surface area (Å²) in [6.45, 7) is 4.20. The fourth-order valence-electron chi connectivity index (χ4n) is 2.43. The van der Waals surface area contributed by atoms with Crippen LogP contribution in [0.4, 0.5) is 10.5 Å². The van der Waals surface area contributed by atoms with Crippen molar-refractivity contribution < 1.29 is 4.79 Å². The van der Waals surface area contributed by atoms with Gasteiger partial charge in [0.1, 0.15) is 0 Å². The number of nitrogens with one attached hydrogen (secondary N) is 1. The first kappa shape index (κ1) is 15.4. The van der Waals surface area contributed by atoms with E-state index in [9.17, 15) is 4.79 Å². The van der Waals surface area contributed by atoms with Gasteiger partial charge < -0.3 is 16.0 Å². The molecule has 1 heterocycles. The predicted octanol–water partition coefficient (Wildman–Crippen LogP) is 3.44. The maximum Gasteiger partial charge on any atom is 0.321 e. The molecule has 2 amide bonds. The van der Waals surface area contributed by atoms with Crippen LogP contribution in [0.3, 0.4) is 0 Å². The summed E-state index contributed by atoms with van der Waals surface area (Å²) in [5.41, 5.74) is 6.29. The van der Waals surface area contributed by atoms with Crippen molar-refractivity contribution in [2.45, 2.75) is 13.3 Å².